The van der Waals surface area contributed by atoms with Gasteiger partial charge >= 0.3 is 6.09 Å². The van der Waals surface area contributed by atoms with Crippen molar-refractivity contribution in [2.75, 3.05) is 14.2 Å². The number of thiophene rings is 1. The van der Waals surface area contributed by atoms with Crippen LogP contribution in [0, 0.1) is 0 Å². The lowest BCUT2D eigenvalue weighted by molar-refractivity contribution is -0.128. The van der Waals surface area contributed by atoms with Crippen molar-refractivity contribution in [2.24, 2.45) is 5.73 Å². The smallest absolute Gasteiger partial charge is 0.410 e. The van der Waals surface area contributed by atoms with E-state index in [2.05, 4.69) is 9.97 Å². The van der Waals surface area contributed by atoms with Crippen LogP contribution in [0.4, 0.5) is 4.79 Å². The second-order valence-corrected chi connectivity index (χ2v) is 11.6. The first kappa shape index (κ1) is 25.6. The molecule has 0 aromatic carbocycles. The third-order valence-electron chi connectivity index (χ3n) is 6.95. The summed E-state index contributed by atoms with van der Waals surface area (Å²) < 4.78 is 17.3. The molecule has 2 aliphatic rings. The van der Waals surface area contributed by atoms with Crippen molar-refractivity contribution >= 4 is 33.6 Å². The number of aryl methyl sites for hydroxylation is 1. The molecule has 0 bridgehead atoms. The molecule has 2 atom stereocenters. The highest BCUT2D eigenvalue weighted by molar-refractivity contribution is 7.19. The number of hydrogen-bond acceptors (Lipinski definition) is 8. The minimum absolute atomic E-state index is 0.0177. The number of carbonyl (C=O) groups is 2. The predicted octanol–water partition coefficient (Wildman–Crippen LogP) is 4.17. The number of methoxy groups -OCH3 is 1. The zero-order valence-electron chi connectivity index (χ0n) is 21.2. The molecule has 0 unspecified atom stereocenters. The molecule has 35 heavy (non-hydrogen) atoms. The van der Waals surface area contributed by atoms with Crippen LogP contribution in [0.3, 0.4) is 0 Å². The molecule has 2 aromatic heterocycles. The molecule has 192 valence electrons. The zero-order chi connectivity index (χ0) is 25.3. The first-order valence-corrected chi connectivity index (χ1v) is 13.1. The standard InChI is InChI=1S/C25H36N4O5S/c1-25(2,3)34-24(31)29(4)15-7-9-16(10-8-15)33-22-20-19-14(12-17(32-5)21(26)30)6-11-18(19)35-23(20)28-13-27-22/h13-17H,6-12H2,1-5H3,(H2,26,30)/t14-,15-,16-,17-/m1/s1. The summed E-state index contributed by atoms with van der Waals surface area (Å²) in [6, 6.07) is 0.129. The van der Waals surface area contributed by atoms with Crippen molar-refractivity contribution in [3.05, 3.63) is 16.8 Å². The van der Waals surface area contributed by atoms with Gasteiger partial charge in [0, 0.05) is 25.1 Å². The maximum atomic E-state index is 12.4. The summed E-state index contributed by atoms with van der Waals surface area (Å²) >= 11 is 1.68. The maximum Gasteiger partial charge on any atom is 0.410 e. The SMILES string of the molecule is CO[C@H](C[C@H]1CCc2sc3ncnc(O[C@H]4CC[C@H](N(C)C(=O)OC(C)(C)C)CC4)c3c21)C(N)=O. The Kier molecular flexibility index (Phi) is 7.51. The lowest BCUT2D eigenvalue weighted by Gasteiger charge is -2.35. The van der Waals surface area contributed by atoms with E-state index in [9.17, 15) is 9.59 Å². The van der Waals surface area contributed by atoms with Gasteiger partial charge in [-0.2, -0.15) is 0 Å². The second kappa shape index (κ2) is 10.3. The Bertz CT molecular complexity index is 1070. The summed E-state index contributed by atoms with van der Waals surface area (Å²) in [7, 11) is 3.33. The fraction of sp³-hybridized carbons (Fsp3) is 0.680. The third-order valence-corrected chi connectivity index (χ3v) is 8.12. The minimum atomic E-state index is -0.618. The fourth-order valence-electron chi connectivity index (χ4n) is 5.14. The van der Waals surface area contributed by atoms with E-state index in [1.165, 1.54) is 17.6 Å². The van der Waals surface area contributed by atoms with Crippen LogP contribution in [-0.4, -0.2) is 64.9 Å². The Labute approximate surface area is 210 Å². The molecule has 1 saturated carbocycles. The normalized spacial score (nSPS) is 23.1. The van der Waals surface area contributed by atoms with E-state index in [0.717, 1.165) is 48.7 Å². The molecule has 10 heteroatoms. The molecule has 2 aliphatic carbocycles. The predicted molar refractivity (Wildman–Crippen MR) is 134 cm³/mol. The number of nitrogens with two attached hydrogens (primary N) is 1. The molecule has 1 fully saturated rings. The largest absolute Gasteiger partial charge is 0.474 e. The van der Waals surface area contributed by atoms with Crippen LogP contribution < -0.4 is 10.5 Å². The van der Waals surface area contributed by atoms with E-state index in [1.807, 2.05) is 27.8 Å². The summed E-state index contributed by atoms with van der Waals surface area (Å²) in [6.45, 7) is 5.63. The van der Waals surface area contributed by atoms with Crippen molar-refractivity contribution < 1.29 is 23.8 Å². The molecule has 9 nitrogen and oxygen atoms in total. The van der Waals surface area contributed by atoms with E-state index in [1.54, 1.807) is 22.6 Å². The molecule has 2 heterocycles. The van der Waals surface area contributed by atoms with Crippen LogP contribution in [0.1, 0.15) is 75.7 Å². The van der Waals surface area contributed by atoms with Gasteiger partial charge in [0.15, 0.2) is 0 Å². The topological polar surface area (TPSA) is 117 Å². The van der Waals surface area contributed by atoms with Crippen molar-refractivity contribution in [1.82, 2.24) is 14.9 Å². The van der Waals surface area contributed by atoms with Gasteiger partial charge in [-0.1, -0.05) is 0 Å². The molecular weight excluding hydrogens is 468 g/mol. The van der Waals surface area contributed by atoms with Gasteiger partial charge in [-0.15, -0.1) is 11.3 Å². The Morgan fingerprint density at radius 2 is 1.91 bits per heavy atom. The van der Waals surface area contributed by atoms with E-state index in [4.69, 9.17) is 19.9 Å². The summed E-state index contributed by atoms with van der Waals surface area (Å²) in [4.78, 5) is 37.1. The molecule has 0 saturated heterocycles. The first-order valence-electron chi connectivity index (χ1n) is 12.3. The summed E-state index contributed by atoms with van der Waals surface area (Å²) in [5.41, 5.74) is 6.20. The van der Waals surface area contributed by atoms with Gasteiger partial charge in [-0.3, -0.25) is 4.79 Å². The van der Waals surface area contributed by atoms with Crippen LogP contribution in [0.15, 0.2) is 6.33 Å². The van der Waals surface area contributed by atoms with Gasteiger partial charge in [0.2, 0.25) is 11.8 Å². The molecule has 2 amide bonds. The number of ether oxygens (including phenoxy) is 3. The van der Waals surface area contributed by atoms with Crippen LogP contribution in [-0.2, 0) is 20.7 Å². The van der Waals surface area contributed by atoms with Crippen LogP contribution in [0.2, 0.25) is 0 Å². The molecule has 0 spiro atoms. The molecule has 0 radical (unpaired) electrons. The van der Waals surface area contributed by atoms with Crippen molar-refractivity contribution in [2.45, 2.75) is 95.5 Å². The lowest BCUT2D eigenvalue weighted by Crippen LogP contribution is -2.43. The first-order chi connectivity index (χ1) is 16.6. The maximum absolute atomic E-state index is 12.4. The number of aromatic nitrogens is 2. The Morgan fingerprint density at radius 1 is 1.20 bits per heavy atom. The Morgan fingerprint density at radius 3 is 2.54 bits per heavy atom. The summed E-state index contributed by atoms with van der Waals surface area (Å²) in [5.74, 6) is 0.320. The summed E-state index contributed by atoms with van der Waals surface area (Å²) in [6.07, 6.45) is 6.43. The quantitative estimate of drug-likeness (QED) is 0.601. The molecule has 0 aliphatic heterocycles. The highest BCUT2D eigenvalue weighted by atomic mass is 32.1. The molecular formula is C25H36N4O5S. The number of fused-ring (bicyclic) bond motifs is 3. The average Bonchev–Trinajstić information content (AvgIpc) is 3.35. The van der Waals surface area contributed by atoms with Crippen molar-refractivity contribution in [1.29, 1.82) is 0 Å². The Hall–Kier alpha value is -2.46. The van der Waals surface area contributed by atoms with Gasteiger partial charge in [0.25, 0.3) is 0 Å². The number of rotatable bonds is 7. The van der Waals surface area contributed by atoms with Gasteiger partial charge in [-0.05, 0) is 77.2 Å². The van der Waals surface area contributed by atoms with Crippen molar-refractivity contribution in [3.8, 4) is 5.88 Å². The molecule has 2 aromatic rings. The fourth-order valence-corrected chi connectivity index (χ4v) is 6.37. The third kappa shape index (κ3) is 5.69. The Balaban J connectivity index is 1.46. The molecule has 2 N–H and O–H groups in total. The minimum Gasteiger partial charge on any atom is -0.474 e. The van der Waals surface area contributed by atoms with E-state index in [0.29, 0.717) is 12.3 Å². The van der Waals surface area contributed by atoms with E-state index >= 15 is 0 Å². The highest BCUT2D eigenvalue weighted by Crippen LogP contribution is 2.48. The monoisotopic (exact) mass is 504 g/mol. The highest BCUT2D eigenvalue weighted by Gasteiger charge is 2.34. The van der Waals surface area contributed by atoms with Gasteiger partial charge < -0.3 is 24.8 Å². The lowest BCUT2D eigenvalue weighted by atomic mass is 9.92. The van der Waals surface area contributed by atoms with Gasteiger partial charge in [0.05, 0.1) is 5.39 Å². The number of nitrogens with zero attached hydrogens (tertiary/aromatic N) is 3. The van der Waals surface area contributed by atoms with Crippen LogP contribution in [0.25, 0.3) is 10.2 Å². The van der Waals surface area contributed by atoms with E-state index in [-0.39, 0.29) is 24.2 Å². The van der Waals surface area contributed by atoms with Crippen LogP contribution in [0.5, 0.6) is 5.88 Å². The van der Waals surface area contributed by atoms with Gasteiger partial charge in [-0.25, -0.2) is 14.8 Å². The van der Waals surface area contributed by atoms with Gasteiger partial charge in [0.1, 0.15) is 29.0 Å². The van der Waals surface area contributed by atoms with Crippen LogP contribution >= 0.6 is 11.3 Å². The van der Waals surface area contributed by atoms with Crippen molar-refractivity contribution in [3.63, 3.8) is 0 Å². The zero-order valence-corrected chi connectivity index (χ0v) is 22.0. The second-order valence-electron chi connectivity index (χ2n) is 10.5. The molecule has 4 rings (SSSR count). The van der Waals surface area contributed by atoms with E-state index < -0.39 is 17.6 Å². The number of carbonyl (C=O) groups excluding carboxylic acids is 2. The average molecular weight is 505 g/mol. The number of primary amides is 1. The number of amides is 2. The summed E-state index contributed by atoms with van der Waals surface area (Å²) in [5, 5.41) is 0.960. The number of hydrogen-bond donors (Lipinski definition) is 1.